The number of hydrogen-bond donors (Lipinski definition) is 1. The van der Waals surface area contributed by atoms with Crippen LogP contribution in [0.15, 0.2) is 30.5 Å². The summed E-state index contributed by atoms with van der Waals surface area (Å²) in [7, 11) is 1.82. The molecule has 7 heteroatoms. The maximum absolute atomic E-state index is 13.1. The molecule has 0 spiro atoms. The molecule has 0 bridgehead atoms. The van der Waals surface area contributed by atoms with Gasteiger partial charge in [0.05, 0.1) is 30.6 Å². The fraction of sp³-hybridized carbons (Fsp3) is 0.412. The van der Waals surface area contributed by atoms with Crippen LogP contribution in [0.3, 0.4) is 0 Å². The van der Waals surface area contributed by atoms with Gasteiger partial charge in [0.25, 0.3) is 0 Å². The average molecular weight is 332 g/mol. The summed E-state index contributed by atoms with van der Waals surface area (Å²) >= 11 is 0. The molecule has 0 radical (unpaired) electrons. The third kappa shape index (κ3) is 3.41. The van der Waals surface area contributed by atoms with Crippen molar-refractivity contribution in [3.8, 4) is 0 Å². The Hall–Kier alpha value is -2.41. The molecule has 1 atom stereocenters. The summed E-state index contributed by atoms with van der Waals surface area (Å²) in [6.45, 7) is 3.36. The fourth-order valence-electron chi connectivity index (χ4n) is 2.89. The summed E-state index contributed by atoms with van der Waals surface area (Å²) in [5.41, 5.74) is 2.42. The molecule has 1 saturated heterocycles. The molecule has 0 saturated carbocycles. The number of hydrogen-bond acceptors (Lipinski definition) is 3. The van der Waals surface area contributed by atoms with Gasteiger partial charge in [0.1, 0.15) is 5.82 Å². The summed E-state index contributed by atoms with van der Waals surface area (Å²) in [6, 6.07) is 5.75. The molecule has 2 aromatic rings. The topological polar surface area (TPSA) is 59.4 Å². The third-order valence-electron chi connectivity index (χ3n) is 4.13. The Balaban J connectivity index is 1.79. The Bertz CT molecular complexity index is 714. The second kappa shape index (κ2) is 7.00. The van der Waals surface area contributed by atoms with Gasteiger partial charge in [-0.1, -0.05) is 19.1 Å². The zero-order chi connectivity index (χ0) is 17.1. The third-order valence-corrected chi connectivity index (χ3v) is 4.13. The molecule has 1 N–H and O–H groups in total. The van der Waals surface area contributed by atoms with E-state index in [2.05, 4.69) is 10.4 Å². The number of halogens is 1. The van der Waals surface area contributed by atoms with Crippen LogP contribution in [0.5, 0.6) is 0 Å². The molecule has 1 aliphatic rings. The lowest BCUT2D eigenvalue weighted by atomic mass is 10.1. The number of ether oxygens (including phenoxy) is 1. The number of urea groups is 1. The highest BCUT2D eigenvalue weighted by atomic mass is 19.1. The summed E-state index contributed by atoms with van der Waals surface area (Å²) in [5.74, 6) is -0.297. The van der Waals surface area contributed by atoms with Crippen molar-refractivity contribution in [1.82, 2.24) is 14.7 Å². The van der Waals surface area contributed by atoms with E-state index in [1.54, 1.807) is 27.9 Å². The minimum Gasteiger partial charge on any atom is -0.377 e. The second-order valence-corrected chi connectivity index (χ2v) is 5.78. The van der Waals surface area contributed by atoms with Crippen LogP contribution in [0.2, 0.25) is 0 Å². The molecule has 1 aromatic carbocycles. The largest absolute Gasteiger partial charge is 0.377 e. The van der Waals surface area contributed by atoms with Crippen molar-refractivity contribution in [2.75, 3.05) is 25.1 Å². The van der Waals surface area contributed by atoms with Gasteiger partial charge in [-0.25, -0.2) is 9.18 Å². The van der Waals surface area contributed by atoms with E-state index in [4.69, 9.17) is 4.74 Å². The number of carbonyl (C=O) groups is 1. The quantitative estimate of drug-likeness (QED) is 0.940. The first-order valence-corrected chi connectivity index (χ1v) is 8.02. The van der Waals surface area contributed by atoms with Crippen molar-refractivity contribution < 1.29 is 13.9 Å². The number of carbonyl (C=O) groups excluding carboxylic acids is 1. The van der Waals surface area contributed by atoms with Gasteiger partial charge in [-0.3, -0.25) is 4.68 Å². The molecule has 2 heterocycles. The number of nitrogens with zero attached hydrogens (tertiary/aromatic N) is 3. The SMILES string of the molecule is CCc1nn(C)cc1NC(=O)N1CCOC[C@H]1c1ccc(F)cc1. The number of aryl methyl sites for hydroxylation is 2. The highest BCUT2D eigenvalue weighted by Gasteiger charge is 2.29. The van der Waals surface area contributed by atoms with E-state index in [0.717, 1.165) is 17.7 Å². The van der Waals surface area contributed by atoms with Gasteiger partial charge in [-0.15, -0.1) is 0 Å². The number of rotatable bonds is 3. The van der Waals surface area contributed by atoms with Crippen LogP contribution in [-0.4, -0.2) is 40.5 Å². The lowest BCUT2D eigenvalue weighted by Crippen LogP contribution is -2.45. The van der Waals surface area contributed by atoms with Crippen molar-refractivity contribution in [3.05, 3.63) is 47.5 Å². The number of anilines is 1. The van der Waals surface area contributed by atoms with Gasteiger partial charge in [0.15, 0.2) is 0 Å². The maximum Gasteiger partial charge on any atom is 0.322 e. The Kier molecular flexibility index (Phi) is 4.80. The maximum atomic E-state index is 13.1. The smallest absolute Gasteiger partial charge is 0.322 e. The summed E-state index contributed by atoms with van der Waals surface area (Å²) in [6.07, 6.45) is 2.53. The Morgan fingerprint density at radius 3 is 2.88 bits per heavy atom. The highest BCUT2D eigenvalue weighted by Crippen LogP contribution is 2.26. The van der Waals surface area contributed by atoms with E-state index in [-0.39, 0.29) is 17.9 Å². The van der Waals surface area contributed by atoms with E-state index in [9.17, 15) is 9.18 Å². The van der Waals surface area contributed by atoms with Crippen molar-refractivity contribution in [3.63, 3.8) is 0 Å². The molecule has 0 unspecified atom stereocenters. The first-order valence-electron chi connectivity index (χ1n) is 8.02. The standard InChI is InChI=1S/C17H21FN4O2/c1-3-14-15(10-21(2)20-14)19-17(23)22-8-9-24-11-16(22)12-4-6-13(18)7-5-12/h4-7,10,16H,3,8-9,11H2,1-2H3,(H,19,23)/t16-/m0/s1. The predicted octanol–water partition coefficient (Wildman–Crippen LogP) is 2.73. The van der Waals surface area contributed by atoms with Crippen LogP contribution in [0.1, 0.15) is 24.2 Å². The van der Waals surface area contributed by atoms with Gasteiger partial charge in [-0.05, 0) is 24.1 Å². The van der Waals surface area contributed by atoms with Gasteiger partial charge in [0.2, 0.25) is 0 Å². The number of benzene rings is 1. The Labute approximate surface area is 140 Å². The summed E-state index contributed by atoms with van der Waals surface area (Å²) in [5, 5.41) is 7.27. The zero-order valence-corrected chi connectivity index (χ0v) is 13.8. The van der Waals surface area contributed by atoms with Crippen LogP contribution in [0.25, 0.3) is 0 Å². The summed E-state index contributed by atoms with van der Waals surface area (Å²) in [4.78, 5) is 14.5. The monoisotopic (exact) mass is 332 g/mol. The van der Waals surface area contributed by atoms with Crippen LogP contribution in [-0.2, 0) is 18.2 Å². The van der Waals surface area contributed by atoms with Gasteiger partial charge >= 0.3 is 6.03 Å². The van der Waals surface area contributed by atoms with E-state index in [1.807, 2.05) is 14.0 Å². The predicted molar refractivity (Wildman–Crippen MR) is 88.3 cm³/mol. The molecule has 24 heavy (non-hydrogen) atoms. The molecule has 128 valence electrons. The molecule has 1 fully saturated rings. The second-order valence-electron chi connectivity index (χ2n) is 5.78. The van der Waals surface area contributed by atoms with E-state index in [0.29, 0.717) is 25.4 Å². The van der Waals surface area contributed by atoms with Crippen molar-refractivity contribution in [2.24, 2.45) is 7.05 Å². The van der Waals surface area contributed by atoms with Crippen LogP contribution >= 0.6 is 0 Å². The van der Waals surface area contributed by atoms with E-state index < -0.39 is 0 Å². The van der Waals surface area contributed by atoms with E-state index in [1.165, 1.54) is 12.1 Å². The van der Waals surface area contributed by atoms with Crippen molar-refractivity contribution in [1.29, 1.82) is 0 Å². The number of amides is 2. The van der Waals surface area contributed by atoms with E-state index >= 15 is 0 Å². The molecule has 0 aliphatic carbocycles. The lowest BCUT2D eigenvalue weighted by Gasteiger charge is -2.35. The van der Waals surface area contributed by atoms with Crippen molar-refractivity contribution in [2.45, 2.75) is 19.4 Å². The first-order chi connectivity index (χ1) is 11.6. The van der Waals surface area contributed by atoms with Gasteiger partial charge in [-0.2, -0.15) is 5.10 Å². The van der Waals surface area contributed by atoms with Crippen molar-refractivity contribution >= 4 is 11.7 Å². The fourth-order valence-corrected chi connectivity index (χ4v) is 2.89. The first kappa shape index (κ1) is 16.4. The normalized spacial score (nSPS) is 17.8. The summed E-state index contributed by atoms with van der Waals surface area (Å²) < 4.78 is 20.3. The molecule has 6 nitrogen and oxygen atoms in total. The highest BCUT2D eigenvalue weighted by molar-refractivity contribution is 5.90. The molecule has 3 rings (SSSR count). The molecule has 1 aliphatic heterocycles. The lowest BCUT2D eigenvalue weighted by molar-refractivity contribution is 0.0147. The molecular weight excluding hydrogens is 311 g/mol. The molecular formula is C17H21FN4O2. The number of nitrogens with one attached hydrogen (secondary N) is 1. The Morgan fingerprint density at radius 2 is 2.17 bits per heavy atom. The van der Waals surface area contributed by atoms with Crippen LogP contribution in [0, 0.1) is 5.82 Å². The van der Waals surface area contributed by atoms with Crippen LogP contribution < -0.4 is 5.32 Å². The Morgan fingerprint density at radius 1 is 1.42 bits per heavy atom. The number of aromatic nitrogens is 2. The van der Waals surface area contributed by atoms with Crippen LogP contribution in [0.4, 0.5) is 14.9 Å². The molecule has 2 amide bonds. The zero-order valence-electron chi connectivity index (χ0n) is 13.8. The number of morpholine rings is 1. The average Bonchev–Trinajstić information content (AvgIpc) is 2.95. The van der Waals surface area contributed by atoms with Gasteiger partial charge in [0, 0.05) is 19.8 Å². The minimum atomic E-state index is -0.297. The van der Waals surface area contributed by atoms with Gasteiger partial charge < -0.3 is 15.0 Å². The molecule has 1 aromatic heterocycles. The minimum absolute atomic E-state index is 0.199.